The number of nitrogens with zero attached hydrogens (tertiary/aromatic N) is 5. The van der Waals surface area contributed by atoms with E-state index in [1.54, 1.807) is 13.8 Å². The van der Waals surface area contributed by atoms with Crippen molar-refractivity contribution in [3.05, 3.63) is 68.3 Å². The Bertz CT molecular complexity index is 1250. The molecular formula is C20H19F5N6O3. The molecule has 1 amide bonds. The van der Waals surface area contributed by atoms with Crippen LogP contribution in [-0.2, 0) is 24.1 Å². The van der Waals surface area contributed by atoms with Gasteiger partial charge in [0.15, 0.2) is 0 Å². The van der Waals surface area contributed by atoms with Gasteiger partial charge in [-0.25, -0.2) is 8.78 Å². The van der Waals surface area contributed by atoms with Crippen LogP contribution in [0.15, 0.2) is 24.3 Å². The molecule has 0 unspecified atom stereocenters. The number of rotatable bonds is 7. The lowest BCUT2D eigenvalue weighted by atomic mass is 10.1. The molecule has 1 N–H and O–H groups in total. The summed E-state index contributed by atoms with van der Waals surface area (Å²) in [5.41, 5.74) is -1.45. The average molecular weight is 486 g/mol. The third-order valence-corrected chi connectivity index (χ3v) is 5.12. The van der Waals surface area contributed by atoms with Gasteiger partial charge in [0.05, 0.1) is 34.1 Å². The molecule has 0 spiro atoms. The summed E-state index contributed by atoms with van der Waals surface area (Å²) in [6, 6.07) is 4.75. The van der Waals surface area contributed by atoms with E-state index in [-0.39, 0.29) is 17.9 Å². The van der Waals surface area contributed by atoms with Gasteiger partial charge in [-0.2, -0.15) is 23.4 Å². The fourth-order valence-corrected chi connectivity index (χ4v) is 3.45. The van der Waals surface area contributed by atoms with Gasteiger partial charge in [-0.15, -0.1) is 0 Å². The number of hydrogen-bond acceptors (Lipinski definition) is 5. The maximum absolute atomic E-state index is 13.1. The molecule has 2 aromatic heterocycles. The Kier molecular flexibility index (Phi) is 6.70. The first-order valence-electron chi connectivity index (χ1n) is 9.79. The molecule has 34 heavy (non-hydrogen) atoms. The van der Waals surface area contributed by atoms with Crippen LogP contribution in [0, 0.1) is 30.9 Å². The van der Waals surface area contributed by atoms with E-state index in [0.29, 0.717) is 17.0 Å². The van der Waals surface area contributed by atoms with Crippen LogP contribution in [0.5, 0.6) is 0 Å². The third kappa shape index (κ3) is 5.05. The number of benzene rings is 1. The van der Waals surface area contributed by atoms with Gasteiger partial charge in [0.25, 0.3) is 6.43 Å². The summed E-state index contributed by atoms with van der Waals surface area (Å²) < 4.78 is 67.3. The molecule has 182 valence electrons. The summed E-state index contributed by atoms with van der Waals surface area (Å²) in [5.74, 6) is -0.703. The van der Waals surface area contributed by atoms with E-state index in [1.807, 2.05) is 0 Å². The summed E-state index contributed by atoms with van der Waals surface area (Å²) in [4.78, 5) is 22.6. The van der Waals surface area contributed by atoms with E-state index in [4.69, 9.17) is 0 Å². The van der Waals surface area contributed by atoms with Crippen molar-refractivity contribution in [2.24, 2.45) is 0 Å². The molecule has 0 saturated heterocycles. The smallest absolute Gasteiger partial charge is 0.321 e. The number of aryl methyl sites for hydroxylation is 1. The van der Waals surface area contributed by atoms with E-state index in [0.717, 1.165) is 16.8 Å². The predicted molar refractivity (Wildman–Crippen MR) is 109 cm³/mol. The second-order valence-electron chi connectivity index (χ2n) is 7.48. The van der Waals surface area contributed by atoms with Gasteiger partial charge in [0.1, 0.15) is 12.2 Å². The van der Waals surface area contributed by atoms with E-state index < -0.39 is 46.9 Å². The molecule has 0 aliphatic rings. The number of nitro groups is 1. The van der Waals surface area contributed by atoms with Gasteiger partial charge in [-0.05, 0) is 38.5 Å². The highest BCUT2D eigenvalue weighted by atomic mass is 19.4. The summed E-state index contributed by atoms with van der Waals surface area (Å²) in [6.07, 6.45) is -7.68. The van der Waals surface area contributed by atoms with Crippen molar-refractivity contribution < 1.29 is 31.7 Å². The standard InChI is InChI=1S/C20H19F5N6O3/c1-10-16(11(2)29(27-10)8-13-5-4-6-14(7-13)20(23,24)25)26-15(32)9-30-12(3)18(31(33)34)17(28-30)19(21)22/h4-7,19H,8-9H2,1-3H3,(H,26,32). The molecule has 9 nitrogen and oxygen atoms in total. The van der Waals surface area contributed by atoms with Gasteiger partial charge < -0.3 is 5.32 Å². The van der Waals surface area contributed by atoms with E-state index in [1.165, 1.54) is 23.7 Å². The maximum Gasteiger partial charge on any atom is 0.416 e. The van der Waals surface area contributed by atoms with Crippen LogP contribution in [0.1, 0.15) is 40.3 Å². The van der Waals surface area contributed by atoms with Crippen LogP contribution in [0.2, 0.25) is 0 Å². The summed E-state index contributed by atoms with van der Waals surface area (Å²) in [6.45, 7) is 3.81. The van der Waals surface area contributed by atoms with Crippen LogP contribution < -0.4 is 5.32 Å². The lowest BCUT2D eigenvalue weighted by Crippen LogP contribution is -2.21. The first-order chi connectivity index (χ1) is 15.8. The zero-order valence-corrected chi connectivity index (χ0v) is 18.2. The van der Waals surface area contributed by atoms with Gasteiger partial charge >= 0.3 is 11.9 Å². The van der Waals surface area contributed by atoms with Crippen molar-refractivity contribution in [2.75, 3.05) is 5.32 Å². The van der Waals surface area contributed by atoms with Crippen LogP contribution in [0.3, 0.4) is 0 Å². The van der Waals surface area contributed by atoms with E-state index in [2.05, 4.69) is 15.5 Å². The van der Waals surface area contributed by atoms with Crippen molar-refractivity contribution in [3.8, 4) is 0 Å². The number of anilines is 1. The van der Waals surface area contributed by atoms with Crippen LogP contribution >= 0.6 is 0 Å². The second kappa shape index (κ2) is 9.19. The number of hydrogen-bond donors (Lipinski definition) is 1. The number of alkyl halides is 5. The number of nitrogens with one attached hydrogen (secondary N) is 1. The molecule has 0 fully saturated rings. The highest BCUT2D eigenvalue weighted by molar-refractivity contribution is 5.91. The fraction of sp³-hybridized carbons (Fsp3) is 0.350. The summed E-state index contributed by atoms with van der Waals surface area (Å²) in [7, 11) is 0. The fourth-order valence-electron chi connectivity index (χ4n) is 3.45. The lowest BCUT2D eigenvalue weighted by molar-refractivity contribution is -0.386. The monoisotopic (exact) mass is 486 g/mol. The molecule has 14 heteroatoms. The molecule has 0 aliphatic carbocycles. The molecule has 3 rings (SSSR count). The molecule has 0 aliphatic heterocycles. The average Bonchev–Trinajstić information content (AvgIpc) is 3.19. The number of halogens is 5. The highest BCUT2D eigenvalue weighted by Gasteiger charge is 2.32. The zero-order chi connectivity index (χ0) is 25.4. The Hall–Kier alpha value is -3.84. The molecule has 2 heterocycles. The third-order valence-electron chi connectivity index (χ3n) is 5.12. The second-order valence-corrected chi connectivity index (χ2v) is 7.48. The van der Waals surface area contributed by atoms with Crippen molar-refractivity contribution in [3.63, 3.8) is 0 Å². The molecule has 3 aromatic rings. The van der Waals surface area contributed by atoms with Crippen LogP contribution in [0.25, 0.3) is 0 Å². The number of aromatic nitrogens is 4. The van der Waals surface area contributed by atoms with Gasteiger partial charge in [-0.3, -0.25) is 24.3 Å². The van der Waals surface area contributed by atoms with Gasteiger partial charge in [-0.1, -0.05) is 12.1 Å². The molecular weight excluding hydrogens is 467 g/mol. The minimum Gasteiger partial charge on any atom is -0.321 e. The highest BCUT2D eigenvalue weighted by Crippen LogP contribution is 2.31. The number of amides is 1. The Labute approximate surface area is 189 Å². The topological polar surface area (TPSA) is 108 Å². The molecule has 0 atom stereocenters. The minimum absolute atomic E-state index is 0.00860. The summed E-state index contributed by atoms with van der Waals surface area (Å²) in [5, 5.41) is 21.4. The quantitative estimate of drug-likeness (QED) is 0.299. The maximum atomic E-state index is 13.1. The summed E-state index contributed by atoms with van der Waals surface area (Å²) >= 11 is 0. The first kappa shape index (κ1) is 24.8. The Morgan fingerprint density at radius 3 is 2.38 bits per heavy atom. The van der Waals surface area contributed by atoms with E-state index >= 15 is 0 Å². The number of carbonyl (C=O) groups excluding carboxylic acids is 1. The largest absolute Gasteiger partial charge is 0.416 e. The lowest BCUT2D eigenvalue weighted by Gasteiger charge is -2.10. The van der Waals surface area contributed by atoms with Crippen molar-refractivity contribution in [2.45, 2.75) is 46.5 Å². The molecule has 0 bridgehead atoms. The first-order valence-corrected chi connectivity index (χ1v) is 9.79. The molecule has 0 saturated carbocycles. The SMILES string of the molecule is Cc1nn(Cc2cccc(C(F)(F)F)c2)c(C)c1NC(=O)Cn1nc(C(F)F)c([N+](=O)[O-])c1C. The Balaban J connectivity index is 1.80. The van der Waals surface area contributed by atoms with Gasteiger partial charge in [0.2, 0.25) is 11.6 Å². The van der Waals surface area contributed by atoms with E-state index in [9.17, 15) is 36.9 Å². The van der Waals surface area contributed by atoms with Gasteiger partial charge in [0, 0.05) is 0 Å². The van der Waals surface area contributed by atoms with Crippen molar-refractivity contribution in [1.29, 1.82) is 0 Å². The minimum atomic E-state index is -4.49. The Morgan fingerprint density at radius 1 is 1.15 bits per heavy atom. The Morgan fingerprint density at radius 2 is 1.82 bits per heavy atom. The van der Waals surface area contributed by atoms with Crippen LogP contribution in [-0.4, -0.2) is 30.4 Å². The number of carbonyl (C=O) groups is 1. The van der Waals surface area contributed by atoms with Crippen molar-refractivity contribution in [1.82, 2.24) is 19.6 Å². The van der Waals surface area contributed by atoms with Crippen molar-refractivity contribution >= 4 is 17.3 Å². The zero-order valence-electron chi connectivity index (χ0n) is 18.2. The van der Waals surface area contributed by atoms with Crippen LogP contribution in [0.4, 0.5) is 33.3 Å². The molecule has 1 aromatic carbocycles. The normalized spacial score (nSPS) is 11.8. The predicted octanol–water partition coefficient (Wildman–Crippen LogP) is 4.56. The molecule has 0 radical (unpaired) electrons.